The maximum Gasteiger partial charge on any atom is 0.359 e. The Morgan fingerprint density at radius 3 is 2.95 bits per heavy atom. The van der Waals surface area contributed by atoms with Crippen LogP contribution in [0.1, 0.15) is 23.0 Å². The first-order valence-electron chi connectivity index (χ1n) is 6.92. The Kier molecular flexibility index (Phi) is 3.44. The molecule has 0 spiro atoms. The molecule has 3 rings (SSSR count). The molecule has 0 aliphatic carbocycles. The van der Waals surface area contributed by atoms with E-state index in [4.69, 9.17) is 4.74 Å². The van der Waals surface area contributed by atoms with Gasteiger partial charge in [-0.15, -0.1) is 6.58 Å². The van der Waals surface area contributed by atoms with Crippen molar-refractivity contribution in [2.75, 3.05) is 6.61 Å². The molecule has 0 fully saturated rings. The molecule has 21 heavy (non-hydrogen) atoms. The lowest BCUT2D eigenvalue weighted by atomic mass is 10.1. The van der Waals surface area contributed by atoms with Gasteiger partial charge in [-0.2, -0.15) is 0 Å². The van der Waals surface area contributed by atoms with E-state index in [1.807, 2.05) is 34.7 Å². The normalized spacial score (nSPS) is 10.9. The number of aromatic nitrogens is 2. The van der Waals surface area contributed by atoms with Gasteiger partial charge >= 0.3 is 5.97 Å². The highest BCUT2D eigenvalue weighted by Gasteiger charge is 2.15. The third-order valence-electron chi connectivity index (χ3n) is 3.48. The van der Waals surface area contributed by atoms with Crippen LogP contribution in [0, 0.1) is 0 Å². The van der Waals surface area contributed by atoms with Gasteiger partial charge in [0.05, 0.1) is 17.6 Å². The minimum atomic E-state index is -0.387. The largest absolute Gasteiger partial charge is 0.461 e. The Hall–Kier alpha value is -2.62. The average Bonchev–Trinajstić information content (AvgIpc) is 2.92. The predicted molar refractivity (Wildman–Crippen MR) is 82.6 cm³/mol. The number of hydrogen-bond donors (Lipinski definition) is 0. The fourth-order valence-electron chi connectivity index (χ4n) is 2.56. The second-order valence-electron chi connectivity index (χ2n) is 4.74. The molecule has 0 aliphatic heterocycles. The van der Waals surface area contributed by atoms with Crippen LogP contribution in [0.25, 0.3) is 16.4 Å². The standard InChI is InChI=1S/C17H16N2O2/c1-3-6-12-7-5-8-14-13(12)9-10-15-16(17(20)21-4-2)18-11-19(14)15/h3,5,7-11H,1,4,6H2,2H3. The number of pyridine rings is 1. The van der Waals surface area contributed by atoms with Crippen molar-refractivity contribution >= 4 is 22.4 Å². The molecule has 2 heterocycles. The summed E-state index contributed by atoms with van der Waals surface area (Å²) in [5.41, 5.74) is 3.34. The number of hydrogen-bond acceptors (Lipinski definition) is 3. The molecule has 0 radical (unpaired) electrons. The van der Waals surface area contributed by atoms with Gasteiger partial charge in [-0.3, -0.25) is 4.40 Å². The molecule has 1 aromatic carbocycles. The van der Waals surface area contributed by atoms with Crippen molar-refractivity contribution in [2.45, 2.75) is 13.3 Å². The Bertz CT molecular complexity index is 833. The van der Waals surface area contributed by atoms with Gasteiger partial charge in [0.15, 0.2) is 5.69 Å². The maximum absolute atomic E-state index is 11.9. The molecule has 0 atom stereocenters. The van der Waals surface area contributed by atoms with Gasteiger partial charge in [0.2, 0.25) is 0 Å². The van der Waals surface area contributed by atoms with Crippen LogP contribution in [-0.2, 0) is 11.2 Å². The summed E-state index contributed by atoms with van der Waals surface area (Å²) >= 11 is 0. The second-order valence-corrected chi connectivity index (χ2v) is 4.74. The minimum absolute atomic E-state index is 0.342. The van der Waals surface area contributed by atoms with Crippen molar-refractivity contribution in [3.05, 3.63) is 60.6 Å². The van der Waals surface area contributed by atoms with E-state index in [0.717, 1.165) is 22.8 Å². The lowest BCUT2D eigenvalue weighted by molar-refractivity contribution is 0.0522. The molecule has 0 aliphatic rings. The molecule has 0 amide bonds. The van der Waals surface area contributed by atoms with Gasteiger partial charge in [0.1, 0.15) is 6.33 Å². The average molecular weight is 280 g/mol. The van der Waals surface area contributed by atoms with E-state index < -0.39 is 0 Å². The quantitative estimate of drug-likeness (QED) is 0.543. The summed E-state index contributed by atoms with van der Waals surface area (Å²) in [7, 11) is 0. The molecular weight excluding hydrogens is 264 g/mol. The van der Waals surface area contributed by atoms with E-state index in [0.29, 0.717) is 12.3 Å². The number of esters is 1. The number of imidazole rings is 1. The number of fused-ring (bicyclic) bond motifs is 3. The molecule has 0 unspecified atom stereocenters. The molecule has 0 N–H and O–H groups in total. The van der Waals surface area contributed by atoms with Crippen LogP contribution < -0.4 is 0 Å². The van der Waals surface area contributed by atoms with Gasteiger partial charge in [0.25, 0.3) is 0 Å². The monoisotopic (exact) mass is 280 g/mol. The second kappa shape index (κ2) is 5.40. The molecule has 3 aromatic rings. The molecule has 2 aromatic heterocycles. The van der Waals surface area contributed by atoms with E-state index in [1.165, 1.54) is 5.56 Å². The van der Waals surface area contributed by atoms with E-state index in [9.17, 15) is 4.79 Å². The predicted octanol–water partition coefficient (Wildman–Crippen LogP) is 3.39. The Balaban J connectivity index is 2.24. The topological polar surface area (TPSA) is 43.6 Å². The van der Waals surface area contributed by atoms with Gasteiger partial charge in [-0.05, 0) is 31.0 Å². The number of ether oxygens (including phenoxy) is 1. The number of allylic oxidation sites excluding steroid dienone is 1. The molecule has 0 saturated heterocycles. The van der Waals surface area contributed by atoms with Gasteiger partial charge in [0, 0.05) is 5.39 Å². The van der Waals surface area contributed by atoms with E-state index >= 15 is 0 Å². The first kappa shape index (κ1) is 13.4. The fraction of sp³-hybridized carbons (Fsp3) is 0.176. The van der Waals surface area contributed by atoms with Crippen molar-refractivity contribution in [1.29, 1.82) is 0 Å². The molecule has 4 nitrogen and oxygen atoms in total. The van der Waals surface area contributed by atoms with Crippen LogP contribution in [-0.4, -0.2) is 22.0 Å². The SMILES string of the molecule is C=CCc1cccc2c1ccc1c(C(=O)OCC)ncn12. The van der Waals surface area contributed by atoms with Crippen LogP contribution in [0.2, 0.25) is 0 Å². The van der Waals surface area contributed by atoms with Gasteiger partial charge < -0.3 is 4.74 Å². The highest BCUT2D eigenvalue weighted by molar-refractivity contribution is 5.97. The van der Waals surface area contributed by atoms with Crippen molar-refractivity contribution in [1.82, 2.24) is 9.38 Å². The minimum Gasteiger partial charge on any atom is -0.461 e. The van der Waals surface area contributed by atoms with E-state index in [2.05, 4.69) is 17.6 Å². The van der Waals surface area contributed by atoms with Crippen molar-refractivity contribution in [3.8, 4) is 0 Å². The van der Waals surface area contributed by atoms with Crippen LogP contribution in [0.3, 0.4) is 0 Å². The zero-order chi connectivity index (χ0) is 14.8. The van der Waals surface area contributed by atoms with Crippen LogP contribution in [0.4, 0.5) is 0 Å². The number of nitrogens with zero attached hydrogens (tertiary/aromatic N) is 2. The van der Waals surface area contributed by atoms with E-state index in [-0.39, 0.29) is 5.97 Å². The summed E-state index contributed by atoms with van der Waals surface area (Å²) in [6.45, 7) is 5.92. The molecule has 0 saturated carbocycles. The van der Waals surface area contributed by atoms with Crippen LogP contribution >= 0.6 is 0 Å². The first-order chi connectivity index (χ1) is 10.3. The fourth-order valence-corrected chi connectivity index (χ4v) is 2.56. The highest BCUT2D eigenvalue weighted by Crippen LogP contribution is 2.23. The maximum atomic E-state index is 11.9. The number of benzene rings is 1. The summed E-state index contributed by atoms with van der Waals surface area (Å²) in [6, 6.07) is 10.0. The summed E-state index contributed by atoms with van der Waals surface area (Å²) < 4.78 is 6.97. The Morgan fingerprint density at radius 1 is 1.33 bits per heavy atom. The lowest BCUT2D eigenvalue weighted by Crippen LogP contribution is -2.05. The summed E-state index contributed by atoms with van der Waals surface area (Å²) in [5, 5.41) is 1.14. The number of carbonyl (C=O) groups excluding carboxylic acids is 1. The van der Waals surface area contributed by atoms with E-state index in [1.54, 1.807) is 13.3 Å². The third kappa shape index (κ3) is 2.18. The molecule has 106 valence electrons. The van der Waals surface area contributed by atoms with Crippen LogP contribution in [0.5, 0.6) is 0 Å². The third-order valence-corrected chi connectivity index (χ3v) is 3.48. The molecule has 4 heteroatoms. The summed E-state index contributed by atoms with van der Waals surface area (Å²) in [5.74, 6) is -0.387. The van der Waals surface area contributed by atoms with Crippen molar-refractivity contribution in [2.24, 2.45) is 0 Å². The molecule has 0 bridgehead atoms. The Labute approximate surface area is 122 Å². The van der Waals surface area contributed by atoms with Crippen molar-refractivity contribution in [3.63, 3.8) is 0 Å². The Morgan fingerprint density at radius 2 is 2.19 bits per heavy atom. The number of rotatable bonds is 4. The highest BCUT2D eigenvalue weighted by atomic mass is 16.5. The summed E-state index contributed by atoms with van der Waals surface area (Å²) in [6.07, 6.45) is 4.36. The van der Waals surface area contributed by atoms with Crippen LogP contribution in [0.15, 0.2) is 49.3 Å². The zero-order valence-electron chi connectivity index (χ0n) is 11.9. The van der Waals surface area contributed by atoms with Gasteiger partial charge in [-0.25, -0.2) is 9.78 Å². The lowest BCUT2D eigenvalue weighted by Gasteiger charge is -2.07. The first-order valence-corrected chi connectivity index (χ1v) is 6.92. The number of carbonyl (C=O) groups is 1. The summed E-state index contributed by atoms with van der Waals surface area (Å²) in [4.78, 5) is 16.1. The zero-order valence-corrected chi connectivity index (χ0v) is 11.9. The van der Waals surface area contributed by atoms with Crippen molar-refractivity contribution < 1.29 is 9.53 Å². The molecular formula is C17H16N2O2. The smallest absolute Gasteiger partial charge is 0.359 e. The van der Waals surface area contributed by atoms with Gasteiger partial charge in [-0.1, -0.05) is 24.3 Å².